The summed E-state index contributed by atoms with van der Waals surface area (Å²) in [7, 11) is 2.99. The van der Waals surface area contributed by atoms with E-state index in [0.29, 0.717) is 17.3 Å². The van der Waals surface area contributed by atoms with Crippen molar-refractivity contribution in [3.05, 3.63) is 71.9 Å². The van der Waals surface area contributed by atoms with Crippen LogP contribution in [0.3, 0.4) is 0 Å². The minimum absolute atomic E-state index is 0.377. The second-order valence-corrected chi connectivity index (χ2v) is 7.75. The lowest BCUT2D eigenvalue weighted by molar-refractivity contribution is -0.137. The highest BCUT2D eigenvalue weighted by Gasteiger charge is 2.54. The second kappa shape index (κ2) is 6.84. The van der Waals surface area contributed by atoms with Crippen LogP contribution in [0.25, 0.3) is 5.70 Å². The van der Waals surface area contributed by atoms with Crippen LogP contribution in [0.15, 0.2) is 65.8 Å². The third kappa shape index (κ3) is 2.86. The highest BCUT2D eigenvalue weighted by Crippen LogP contribution is 2.40. The first-order chi connectivity index (χ1) is 15.2. The van der Waals surface area contributed by atoms with E-state index in [0.717, 1.165) is 22.6 Å². The monoisotopic (exact) mass is 441 g/mol. The predicted molar refractivity (Wildman–Crippen MR) is 111 cm³/mol. The Hall–Kier alpha value is -3.82. The molecule has 2 atom stereocenters. The zero-order valence-electron chi connectivity index (χ0n) is 17.1. The van der Waals surface area contributed by atoms with Crippen molar-refractivity contribution in [2.45, 2.75) is 18.4 Å². The molecule has 0 aliphatic carbocycles. The van der Waals surface area contributed by atoms with E-state index in [2.05, 4.69) is 4.99 Å². The van der Waals surface area contributed by atoms with Gasteiger partial charge < -0.3 is 4.90 Å². The molecule has 10 heteroatoms. The minimum atomic E-state index is -4.45. The molecule has 0 aromatic heterocycles. The van der Waals surface area contributed by atoms with Gasteiger partial charge in [0.1, 0.15) is 0 Å². The number of urea groups is 1. The van der Waals surface area contributed by atoms with Crippen LogP contribution in [0.5, 0.6) is 0 Å². The summed E-state index contributed by atoms with van der Waals surface area (Å²) in [5, 5.41) is 0. The van der Waals surface area contributed by atoms with E-state index >= 15 is 0 Å². The number of anilines is 1. The number of nitrogens with zero attached hydrogens (tertiary/aromatic N) is 5. The number of amides is 3. The number of hydrogen-bond acceptors (Lipinski definition) is 5. The molecular formula is C22H18F3N5O2. The summed E-state index contributed by atoms with van der Waals surface area (Å²) in [6.07, 6.45) is -3.42. The third-order valence-corrected chi connectivity index (χ3v) is 5.85. The second-order valence-electron chi connectivity index (χ2n) is 7.75. The molecule has 0 N–H and O–H groups in total. The predicted octanol–water partition coefficient (Wildman–Crippen LogP) is 3.41. The molecule has 0 saturated carbocycles. The summed E-state index contributed by atoms with van der Waals surface area (Å²) in [6.45, 7) is 0. The zero-order valence-corrected chi connectivity index (χ0v) is 17.1. The van der Waals surface area contributed by atoms with Gasteiger partial charge in [0.2, 0.25) is 5.96 Å². The first-order valence-electron chi connectivity index (χ1n) is 9.83. The van der Waals surface area contributed by atoms with Crippen LogP contribution in [0.2, 0.25) is 0 Å². The van der Waals surface area contributed by atoms with Crippen LogP contribution in [0, 0.1) is 0 Å². The maximum Gasteiger partial charge on any atom is 0.416 e. The third-order valence-electron chi connectivity index (χ3n) is 5.85. The summed E-state index contributed by atoms with van der Waals surface area (Å²) in [5.74, 6) is -0.0170. The maximum atomic E-state index is 13.1. The van der Waals surface area contributed by atoms with Crippen LogP contribution < -0.4 is 4.90 Å². The van der Waals surface area contributed by atoms with Crippen molar-refractivity contribution in [3.63, 3.8) is 0 Å². The van der Waals surface area contributed by atoms with Gasteiger partial charge in [0.25, 0.3) is 5.91 Å². The van der Waals surface area contributed by atoms with E-state index < -0.39 is 35.9 Å². The Kier molecular flexibility index (Phi) is 4.30. The lowest BCUT2D eigenvalue weighted by Gasteiger charge is -2.38. The van der Waals surface area contributed by atoms with Crippen molar-refractivity contribution in [2.75, 3.05) is 19.0 Å². The lowest BCUT2D eigenvalue weighted by atomic mass is 10.1. The normalized spacial score (nSPS) is 22.8. The fourth-order valence-corrected chi connectivity index (χ4v) is 4.19. The summed E-state index contributed by atoms with van der Waals surface area (Å²) in [5.41, 5.74) is 1.18. The van der Waals surface area contributed by atoms with Gasteiger partial charge in [-0.3, -0.25) is 19.5 Å². The van der Waals surface area contributed by atoms with Crippen LogP contribution in [-0.2, 0) is 11.0 Å². The van der Waals surface area contributed by atoms with Gasteiger partial charge >= 0.3 is 12.2 Å². The number of carbonyl (C=O) groups is 2. The topological polar surface area (TPSA) is 59.5 Å². The fraction of sp³-hybridized carbons (Fsp3) is 0.227. The van der Waals surface area contributed by atoms with Crippen molar-refractivity contribution in [3.8, 4) is 0 Å². The average Bonchev–Trinajstić information content (AvgIpc) is 3.33. The number of fused-ring (bicyclic) bond motifs is 3. The number of aliphatic imine (C=N–C) groups is 1. The van der Waals surface area contributed by atoms with Gasteiger partial charge in [-0.25, -0.2) is 9.79 Å². The number of carbonyl (C=O) groups excluding carboxylic acids is 2. The Labute approximate surface area is 181 Å². The molecule has 2 aromatic carbocycles. The maximum absolute atomic E-state index is 13.1. The minimum Gasteiger partial charge on any atom is -0.302 e. The van der Waals surface area contributed by atoms with Crippen LogP contribution >= 0.6 is 0 Å². The molecule has 3 amide bonds. The Morgan fingerprint density at radius 3 is 2.22 bits per heavy atom. The average molecular weight is 441 g/mol. The van der Waals surface area contributed by atoms with Crippen molar-refractivity contribution >= 4 is 29.3 Å². The number of benzene rings is 2. The molecule has 0 spiro atoms. The Morgan fingerprint density at radius 2 is 1.59 bits per heavy atom. The van der Waals surface area contributed by atoms with E-state index in [1.807, 2.05) is 30.3 Å². The van der Waals surface area contributed by atoms with E-state index in [4.69, 9.17) is 0 Å². The number of halogens is 3. The van der Waals surface area contributed by atoms with E-state index in [1.54, 1.807) is 23.0 Å². The molecule has 2 aromatic rings. The van der Waals surface area contributed by atoms with Gasteiger partial charge in [0.15, 0.2) is 12.2 Å². The number of alkyl halides is 3. The highest BCUT2D eigenvalue weighted by atomic mass is 19.4. The summed E-state index contributed by atoms with van der Waals surface area (Å²) in [6, 6.07) is 12.8. The molecule has 2 unspecified atom stereocenters. The molecule has 0 radical (unpaired) electrons. The van der Waals surface area contributed by atoms with Crippen LogP contribution in [-0.4, -0.2) is 58.9 Å². The number of rotatable bonds is 2. The largest absolute Gasteiger partial charge is 0.416 e. The van der Waals surface area contributed by atoms with Gasteiger partial charge in [0.05, 0.1) is 11.3 Å². The van der Waals surface area contributed by atoms with E-state index in [9.17, 15) is 22.8 Å². The molecular weight excluding hydrogens is 423 g/mol. The SMILES string of the molecule is CN1C(=O)C2C(N=C3N(c4ccc(C(F)(F)F)cc4)C(c4ccccc4)=CN32)N(C)C1=O. The molecule has 3 aliphatic heterocycles. The molecule has 5 rings (SSSR count). The standard InChI is InChI=1S/C22H18F3N5O2/c1-27-18-17(19(31)28(2)21(27)32)29-12-16(13-6-4-3-5-7-13)30(20(29)26-18)15-10-8-14(9-11-15)22(23,24)25/h3-12,17-18H,1-2H3. The van der Waals surface area contributed by atoms with E-state index in [1.165, 1.54) is 24.1 Å². The van der Waals surface area contributed by atoms with Gasteiger partial charge in [0, 0.05) is 31.5 Å². The Bertz CT molecular complexity index is 1160. The number of likely N-dealkylation sites (N-methyl/N-ethyl adjacent to an activating group) is 2. The molecule has 1 saturated heterocycles. The quantitative estimate of drug-likeness (QED) is 0.717. The molecule has 3 aliphatic rings. The number of guanidine groups is 1. The smallest absolute Gasteiger partial charge is 0.302 e. The highest BCUT2D eigenvalue weighted by molar-refractivity contribution is 6.16. The molecule has 1 fully saturated rings. The van der Waals surface area contributed by atoms with Crippen LogP contribution in [0.4, 0.5) is 23.7 Å². The summed E-state index contributed by atoms with van der Waals surface area (Å²) in [4.78, 5) is 35.8. The van der Waals surface area contributed by atoms with Crippen molar-refractivity contribution in [2.24, 2.45) is 4.99 Å². The molecule has 164 valence electrons. The Balaban J connectivity index is 1.62. The first kappa shape index (κ1) is 20.1. The van der Waals surface area contributed by atoms with Gasteiger partial charge in [-0.15, -0.1) is 0 Å². The van der Waals surface area contributed by atoms with Crippen molar-refractivity contribution in [1.82, 2.24) is 14.7 Å². The number of imide groups is 1. The molecule has 7 nitrogen and oxygen atoms in total. The summed E-state index contributed by atoms with van der Waals surface area (Å²) >= 11 is 0. The van der Waals surface area contributed by atoms with Crippen LogP contribution in [0.1, 0.15) is 11.1 Å². The number of hydrogen-bond donors (Lipinski definition) is 0. The first-order valence-corrected chi connectivity index (χ1v) is 9.83. The molecule has 3 heterocycles. The Morgan fingerprint density at radius 1 is 0.938 bits per heavy atom. The van der Waals surface area contributed by atoms with E-state index in [-0.39, 0.29) is 0 Å². The zero-order chi connectivity index (χ0) is 22.8. The van der Waals surface area contributed by atoms with Crippen molar-refractivity contribution < 1.29 is 22.8 Å². The summed E-state index contributed by atoms with van der Waals surface area (Å²) < 4.78 is 39.2. The van der Waals surface area contributed by atoms with Gasteiger partial charge in [-0.2, -0.15) is 13.2 Å². The van der Waals surface area contributed by atoms with Gasteiger partial charge in [-0.1, -0.05) is 30.3 Å². The van der Waals surface area contributed by atoms with Gasteiger partial charge in [-0.05, 0) is 24.3 Å². The lowest BCUT2D eigenvalue weighted by Crippen LogP contribution is -2.63. The molecule has 0 bridgehead atoms. The van der Waals surface area contributed by atoms with Crippen molar-refractivity contribution in [1.29, 1.82) is 0 Å². The fourth-order valence-electron chi connectivity index (χ4n) is 4.19. The molecule has 32 heavy (non-hydrogen) atoms.